The van der Waals surface area contributed by atoms with Crippen LogP contribution in [0, 0.1) is 0 Å². The second-order valence-electron chi connectivity index (χ2n) is 3.50. The number of amides is 1. The van der Waals surface area contributed by atoms with Crippen molar-refractivity contribution in [2.45, 2.75) is 0 Å². The Balaban J connectivity index is 2.26. The van der Waals surface area contributed by atoms with Crippen LogP contribution in [0.3, 0.4) is 0 Å². The number of para-hydroxylation sites is 1. The summed E-state index contributed by atoms with van der Waals surface area (Å²) in [6.07, 6.45) is 0. The predicted octanol–water partition coefficient (Wildman–Crippen LogP) is 1.84. The first-order valence-corrected chi connectivity index (χ1v) is 6.13. The average molecular weight is 278 g/mol. The number of hydrogen-bond donors (Lipinski definition) is 2. The molecule has 1 aromatic carbocycles. The molecule has 2 rings (SSSR count). The quantitative estimate of drug-likeness (QED) is 0.836. The normalized spacial score (nSPS) is 9.95. The molecule has 0 aliphatic heterocycles. The molecule has 7 heteroatoms. The van der Waals surface area contributed by atoms with Crippen molar-refractivity contribution in [3.8, 4) is 17.0 Å². The van der Waals surface area contributed by atoms with Crippen LogP contribution in [0.5, 0.6) is 5.75 Å². The largest absolute Gasteiger partial charge is 0.496 e. The lowest BCUT2D eigenvalue weighted by Crippen LogP contribution is -2.21. The zero-order chi connectivity index (χ0) is 13.8. The van der Waals surface area contributed by atoms with Crippen molar-refractivity contribution in [1.29, 1.82) is 0 Å². The minimum Gasteiger partial charge on any atom is -0.496 e. The van der Waals surface area contributed by atoms with Crippen molar-refractivity contribution in [3.05, 3.63) is 29.6 Å². The van der Waals surface area contributed by atoms with Crippen LogP contribution in [-0.4, -0.2) is 29.1 Å². The molecule has 0 spiro atoms. The van der Waals surface area contributed by atoms with E-state index in [-0.39, 0.29) is 5.13 Å². The van der Waals surface area contributed by atoms with Gasteiger partial charge < -0.3 is 9.84 Å². The standard InChI is InChI=1S/C12H10N2O4S/c1-18-9-5-3-2-4-7(9)8-6-19-12(13-8)14-10(15)11(16)17/h2-6H,1H3,(H,16,17)(H,13,14,15). The average Bonchev–Trinajstić information content (AvgIpc) is 2.86. The second kappa shape index (κ2) is 5.49. The molecular weight excluding hydrogens is 268 g/mol. The second-order valence-corrected chi connectivity index (χ2v) is 4.36. The number of thiazole rings is 1. The van der Waals surface area contributed by atoms with Gasteiger partial charge in [-0.25, -0.2) is 9.78 Å². The van der Waals surface area contributed by atoms with E-state index in [1.165, 1.54) is 0 Å². The Morgan fingerprint density at radius 2 is 2.11 bits per heavy atom. The maximum atomic E-state index is 11.0. The van der Waals surface area contributed by atoms with E-state index in [1.807, 2.05) is 18.2 Å². The molecule has 0 aliphatic carbocycles. The van der Waals surface area contributed by atoms with Crippen molar-refractivity contribution < 1.29 is 19.4 Å². The summed E-state index contributed by atoms with van der Waals surface area (Å²) in [5.74, 6) is -2.00. The highest BCUT2D eigenvalue weighted by Gasteiger charge is 2.15. The van der Waals surface area contributed by atoms with Crippen LogP contribution in [0.1, 0.15) is 0 Å². The molecule has 1 amide bonds. The number of hydrogen-bond acceptors (Lipinski definition) is 5. The number of carbonyl (C=O) groups excluding carboxylic acids is 1. The highest BCUT2D eigenvalue weighted by Crippen LogP contribution is 2.31. The molecule has 2 N–H and O–H groups in total. The third-order valence-corrected chi connectivity index (χ3v) is 3.06. The monoisotopic (exact) mass is 278 g/mol. The van der Waals surface area contributed by atoms with Gasteiger partial charge >= 0.3 is 11.9 Å². The lowest BCUT2D eigenvalue weighted by molar-refractivity contribution is -0.147. The van der Waals surface area contributed by atoms with E-state index >= 15 is 0 Å². The summed E-state index contributed by atoms with van der Waals surface area (Å²) in [6, 6.07) is 7.30. The zero-order valence-corrected chi connectivity index (χ0v) is 10.7. The van der Waals surface area contributed by atoms with Crippen LogP contribution in [0.25, 0.3) is 11.3 Å². The summed E-state index contributed by atoms with van der Waals surface area (Å²) < 4.78 is 5.21. The number of aliphatic carboxylic acids is 1. The lowest BCUT2D eigenvalue weighted by Gasteiger charge is -2.04. The summed E-state index contributed by atoms with van der Waals surface area (Å²) >= 11 is 1.15. The maximum absolute atomic E-state index is 11.0. The summed E-state index contributed by atoms with van der Waals surface area (Å²) in [6.45, 7) is 0. The molecule has 0 atom stereocenters. The molecule has 1 aromatic heterocycles. The molecule has 1 heterocycles. The van der Waals surface area contributed by atoms with Gasteiger partial charge in [0, 0.05) is 10.9 Å². The Kier molecular flexibility index (Phi) is 3.76. The topological polar surface area (TPSA) is 88.5 Å². The molecule has 0 saturated carbocycles. The number of anilines is 1. The highest BCUT2D eigenvalue weighted by molar-refractivity contribution is 7.14. The number of carboxylic acid groups (broad SMARTS) is 1. The summed E-state index contributed by atoms with van der Waals surface area (Å²) in [5, 5.41) is 12.6. The molecule has 0 aliphatic rings. The number of ether oxygens (including phenoxy) is 1. The molecule has 6 nitrogen and oxygen atoms in total. The molecule has 0 fully saturated rings. The smallest absolute Gasteiger partial charge is 0.394 e. The van der Waals surface area contributed by atoms with Crippen molar-refractivity contribution in [2.75, 3.05) is 12.4 Å². The van der Waals surface area contributed by atoms with Gasteiger partial charge in [0.25, 0.3) is 0 Å². The SMILES string of the molecule is COc1ccccc1-c1csc(NC(=O)C(=O)O)n1. The fourth-order valence-corrected chi connectivity index (χ4v) is 2.17. The van der Waals surface area contributed by atoms with Crippen molar-refractivity contribution in [1.82, 2.24) is 4.98 Å². The van der Waals surface area contributed by atoms with E-state index in [2.05, 4.69) is 10.3 Å². The van der Waals surface area contributed by atoms with Crippen molar-refractivity contribution in [3.63, 3.8) is 0 Å². The van der Waals surface area contributed by atoms with E-state index in [9.17, 15) is 9.59 Å². The maximum Gasteiger partial charge on any atom is 0.394 e. The molecule has 98 valence electrons. The van der Waals surface area contributed by atoms with Gasteiger partial charge in [0.15, 0.2) is 5.13 Å². The van der Waals surface area contributed by atoms with Gasteiger partial charge in [-0.2, -0.15) is 0 Å². The number of aromatic nitrogens is 1. The summed E-state index contributed by atoms with van der Waals surface area (Å²) in [4.78, 5) is 25.6. The predicted molar refractivity (Wildman–Crippen MR) is 70.4 cm³/mol. The number of carbonyl (C=O) groups is 2. The van der Waals surface area contributed by atoms with Gasteiger partial charge in [-0.1, -0.05) is 12.1 Å². The van der Waals surface area contributed by atoms with E-state index in [0.717, 1.165) is 16.9 Å². The van der Waals surface area contributed by atoms with Crippen LogP contribution in [0.15, 0.2) is 29.6 Å². The first-order valence-electron chi connectivity index (χ1n) is 5.25. The van der Waals surface area contributed by atoms with E-state index in [0.29, 0.717) is 11.4 Å². The van der Waals surface area contributed by atoms with Crippen molar-refractivity contribution in [2.24, 2.45) is 0 Å². The Morgan fingerprint density at radius 3 is 2.79 bits per heavy atom. The highest BCUT2D eigenvalue weighted by atomic mass is 32.1. The molecule has 0 unspecified atom stereocenters. The summed E-state index contributed by atoms with van der Waals surface area (Å²) in [5.41, 5.74) is 1.39. The minimum absolute atomic E-state index is 0.230. The Bertz CT molecular complexity index is 624. The fourth-order valence-electron chi connectivity index (χ4n) is 1.46. The molecule has 19 heavy (non-hydrogen) atoms. The molecule has 0 radical (unpaired) electrons. The first-order chi connectivity index (χ1) is 9.11. The number of nitrogens with zero attached hydrogens (tertiary/aromatic N) is 1. The molecular formula is C12H10N2O4S. The van der Waals surface area contributed by atoms with Gasteiger partial charge in [-0.3, -0.25) is 10.1 Å². The van der Waals surface area contributed by atoms with Crippen LogP contribution < -0.4 is 10.1 Å². The Labute approximate surface area is 112 Å². The van der Waals surface area contributed by atoms with Crippen LogP contribution in [0.2, 0.25) is 0 Å². The van der Waals surface area contributed by atoms with Crippen LogP contribution in [-0.2, 0) is 9.59 Å². The van der Waals surface area contributed by atoms with Gasteiger partial charge in [0.05, 0.1) is 12.8 Å². The van der Waals surface area contributed by atoms with E-state index in [4.69, 9.17) is 9.84 Å². The first kappa shape index (κ1) is 13.0. The zero-order valence-electron chi connectivity index (χ0n) is 9.91. The van der Waals surface area contributed by atoms with Gasteiger partial charge in [-0.05, 0) is 12.1 Å². The van der Waals surface area contributed by atoms with Gasteiger partial charge in [0.1, 0.15) is 5.75 Å². The number of rotatable bonds is 3. The van der Waals surface area contributed by atoms with Crippen molar-refractivity contribution >= 4 is 28.3 Å². The van der Waals surface area contributed by atoms with Crippen LogP contribution >= 0.6 is 11.3 Å². The Morgan fingerprint density at radius 1 is 1.37 bits per heavy atom. The molecule has 0 saturated heterocycles. The lowest BCUT2D eigenvalue weighted by atomic mass is 10.1. The van der Waals surface area contributed by atoms with Gasteiger partial charge in [0.2, 0.25) is 0 Å². The fraction of sp³-hybridized carbons (Fsp3) is 0.0833. The molecule has 2 aromatic rings. The summed E-state index contributed by atoms with van der Waals surface area (Å²) in [7, 11) is 1.55. The van der Waals surface area contributed by atoms with Crippen LogP contribution in [0.4, 0.5) is 5.13 Å². The third kappa shape index (κ3) is 2.89. The number of nitrogens with one attached hydrogen (secondary N) is 1. The third-order valence-electron chi connectivity index (χ3n) is 2.30. The van der Waals surface area contributed by atoms with E-state index < -0.39 is 11.9 Å². The Hall–Kier alpha value is -2.41. The number of benzene rings is 1. The number of carboxylic acids is 1. The molecule has 0 bridgehead atoms. The number of methoxy groups -OCH3 is 1. The van der Waals surface area contributed by atoms with Gasteiger partial charge in [-0.15, -0.1) is 11.3 Å². The van der Waals surface area contributed by atoms with E-state index in [1.54, 1.807) is 18.6 Å². The minimum atomic E-state index is -1.55.